The Morgan fingerprint density at radius 3 is 2.79 bits per heavy atom. The number of carbonyl (C=O) groups excluding carboxylic acids is 1. The van der Waals surface area contributed by atoms with E-state index in [-0.39, 0.29) is 17.2 Å². The molecule has 144 valence electrons. The van der Waals surface area contributed by atoms with Gasteiger partial charge in [0.05, 0.1) is 17.9 Å². The number of nitrogens with zero attached hydrogens (tertiary/aromatic N) is 3. The molecule has 1 aromatic heterocycles. The molecule has 1 aliphatic heterocycles. The largest absolute Gasteiger partial charge is 0.493 e. The number of hydrogen-bond acceptors (Lipinski definition) is 6. The minimum Gasteiger partial charge on any atom is -0.493 e. The van der Waals surface area contributed by atoms with Crippen molar-refractivity contribution in [1.29, 1.82) is 0 Å². The van der Waals surface area contributed by atoms with Gasteiger partial charge in [0.2, 0.25) is 11.1 Å². The summed E-state index contributed by atoms with van der Waals surface area (Å²) in [6.45, 7) is 2.42. The molecule has 3 N–H and O–H groups in total. The molecule has 3 aromatic rings. The van der Waals surface area contributed by atoms with Crippen molar-refractivity contribution < 1.29 is 9.53 Å². The molecule has 7 nitrogen and oxygen atoms in total. The molecule has 2 heterocycles. The first-order valence-corrected chi connectivity index (χ1v) is 9.96. The van der Waals surface area contributed by atoms with Crippen molar-refractivity contribution in [1.82, 2.24) is 20.2 Å². The quantitative estimate of drug-likeness (QED) is 0.510. The number of amides is 1. The fraction of sp³-hybridized carbons (Fsp3) is 0.250. The van der Waals surface area contributed by atoms with Crippen LogP contribution < -0.4 is 15.9 Å². The SMILES string of the molecule is CC(Sc1nnc(-c2ccccc2)n1N)C(=O)NC1CCOc2ccccc21. The van der Waals surface area contributed by atoms with Crippen molar-refractivity contribution in [2.75, 3.05) is 12.4 Å². The number of fused-ring (bicyclic) bond motifs is 1. The maximum absolute atomic E-state index is 12.7. The molecule has 2 aromatic carbocycles. The first-order valence-electron chi connectivity index (χ1n) is 9.08. The van der Waals surface area contributed by atoms with Crippen molar-refractivity contribution in [3.63, 3.8) is 0 Å². The van der Waals surface area contributed by atoms with Gasteiger partial charge in [-0.05, 0) is 13.0 Å². The fourth-order valence-corrected chi connectivity index (χ4v) is 3.91. The summed E-state index contributed by atoms with van der Waals surface area (Å²) in [5, 5.41) is 11.5. The maximum Gasteiger partial charge on any atom is 0.233 e. The van der Waals surface area contributed by atoms with E-state index in [1.54, 1.807) is 0 Å². The Kier molecular flexibility index (Phi) is 5.21. The van der Waals surface area contributed by atoms with Crippen molar-refractivity contribution in [3.8, 4) is 17.1 Å². The van der Waals surface area contributed by atoms with Crippen LogP contribution >= 0.6 is 11.8 Å². The van der Waals surface area contributed by atoms with Crippen LogP contribution in [0.3, 0.4) is 0 Å². The predicted molar refractivity (Wildman–Crippen MR) is 108 cm³/mol. The van der Waals surface area contributed by atoms with E-state index in [2.05, 4.69) is 15.5 Å². The molecule has 0 radical (unpaired) electrons. The molecule has 4 rings (SSSR count). The topological polar surface area (TPSA) is 95.1 Å². The molecule has 8 heteroatoms. The summed E-state index contributed by atoms with van der Waals surface area (Å²) in [7, 11) is 0. The molecule has 0 saturated carbocycles. The van der Waals surface area contributed by atoms with Crippen LogP contribution in [-0.2, 0) is 4.79 Å². The molecule has 0 bridgehead atoms. The standard InChI is InChI=1S/C20H21N5O2S/c1-13(19(26)22-16-11-12-27-17-10-6-5-9-15(16)17)28-20-24-23-18(25(20)21)14-7-3-2-4-8-14/h2-10,13,16H,11-12,21H2,1H3,(H,22,26). The summed E-state index contributed by atoms with van der Waals surface area (Å²) < 4.78 is 7.08. The maximum atomic E-state index is 12.7. The fourth-order valence-electron chi connectivity index (χ4n) is 3.13. The van der Waals surface area contributed by atoms with Crippen molar-refractivity contribution >= 4 is 17.7 Å². The van der Waals surface area contributed by atoms with Gasteiger partial charge in [-0.1, -0.05) is 60.3 Å². The third-order valence-corrected chi connectivity index (χ3v) is 5.68. The lowest BCUT2D eigenvalue weighted by Crippen LogP contribution is -2.36. The average molecular weight is 395 g/mol. The number of aromatic nitrogens is 3. The van der Waals surface area contributed by atoms with E-state index in [0.717, 1.165) is 23.3 Å². The summed E-state index contributed by atoms with van der Waals surface area (Å²) in [6.07, 6.45) is 0.741. The molecule has 0 spiro atoms. The highest BCUT2D eigenvalue weighted by Crippen LogP contribution is 2.32. The van der Waals surface area contributed by atoms with Crippen LogP contribution in [-0.4, -0.2) is 32.6 Å². The number of rotatable bonds is 5. The van der Waals surface area contributed by atoms with Crippen molar-refractivity contribution in [2.24, 2.45) is 0 Å². The van der Waals surface area contributed by atoms with Crippen LogP contribution in [0.5, 0.6) is 5.75 Å². The van der Waals surface area contributed by atoms with Crippen LogP contribution in [0.2, 0.25) is 0 Å². The van der Waals surface area contributed by atoms with E-state index in [4.69, 9.17) is 10.6 Å². The van der Waals surface area contributed by atoms with Crippen LogP contribution in [0, 0.1) is 0 Å². The van der Waals surface area contributed by atoms with Gasteiger partial charge >= 0.3 is 0 Å². The average Bonchev–Trinajstić information content (AvgIpc) is 3.09. The predicted octanol–water partition coefficient (Wildman–Crippen LogP) is 2.78. The third-order valence-electron chi connectivity index (χ3n) is 4.62. The Balaban J connectivity index is 1.44. The zero-order chi connectivity index (χ0) is 19.5. The Bertz CT molecular complexity index is 976. The van der Waals surface area contributed by atoms with Gasteiger partial charge in [0.25, 0.3) is 0 Å². The van der Waals surface area contributed by atoms with E-state index in [0.29, 0.717) is 17.6 Å². The smallest absolute Gasteiger partial charge is 0.233 e. The van der Waals surface area contributed by atoms with E-state index in [1.165, 1.54) is 16.4 Å². The summed E-state index contributed by atoms with van der Waals surface area (Å²) in [5.74, 6) is 7.47. The zero-order valence-corrected chi connectivity index (χ0v) is 16.2. The first-order chi connectivity index (χ1) is 13.6. The molecule has 2 atom stereocenters. The number of benzene rings is 2. The minimum atomic E-state index is -0.370. The molecule has 0 saturated heterocycles. The van der Waals surface area contributed by atoms with E-state index in [1.807, 2.05) is 61.5 Å². The zero-order valence-electron chi connectivity index (χ0n) is 15.4. The van der Waals surface area contributed by atoms with Gasteiger partial charge in [0, 0.05) is 17.5 Å². The molecule has 1 aliphatic rings. The molecule has 1 amide bonds. The number of para-hydroxylation sites is 1. The number of nitrogens with one attached hydrogen (secondary N) is 1. The van der Waals surface area contributed by atoms with Crippen LogP contribution in [0.15, 0.2) is 59.8 Å². The minimum absolute atomic E-state index is 0.0591. The Morgan fingerprint density at radius 2 is 1.96 bits per heavy atom. The lowest BCUT2D eigenvalue weighted by atomic mass is 10.0. The highest BCUT2D eigenvalue weighted by Gasteiger charge is 2.26. The highest BCUT2D eigenvalue weighted by atomic mass is 32.2. The molecular formula is C20H21N5O2S. The van der Waals surface area contributed by atoms with Gasteiger partial charge in [-0.15, -0.1) is 10.2 Å². The third kappa shape index (κ3) is 3.68. The number of nitrogen functional groups attached to an aromatic ring is 1. The highest BCUT2D eigenvalue weighted by molar-refractivity contribution is 8.00. The Hall–Kier alpha value is -3.00. The van der Waals surface area contributed by atoms with E-state index in [9.17, 15) is 4.79 Å². The second kappa shape index (κ2) is 7.93. The number of thioether (sulfide) groups is 1. The first kappa shape index (κ1) is 18.4. The second-order valence-electron chi connectivity index (χ2n) is 6.54. The lowest BCUT2D eigenvalue weighted by Gasteiger charge is -2.27. The number of nitrogens with two attached hydrogens (primary N) is 1. The van der Waals surface area contributed by atoms with E-state index >= 15 is 0 Å². The second-order valence-corrected chi connectivity index (χ2v) is 7.85. The van der Waals surface area contributed by atoms with Crippen LogP contribution in [0.1, 0.15) is 24.9 Å². The van der Waals surface area contributed by atoms with E-state index < -0.39 is 0 Å². The van der Waals surface area contributed by atoms with Crippen molar-refractivity contribution in [2.45, 2.75) is 29.8 Å². The molecular weight excluding hydrogens is 374 g/mol. The van der Waals surface area contributed by atoms with Gasteiger partial charge in [-0.25, -0.2) is 4.68 Å². The number of ether oxygens (including phenoxy) is 1. The van der Waals surface area contributed by atoms with Gasteiger partial charge in [0.1, 0.15) is 5.75 Å². The molecule has 28 heavy (non-hydrogen) atoms. The van der Waals surface area contributed by atoms with Crippen molar-refractivity contribution in [3.05, 3.63) is 60.2 Å². The number of hydrogen-bond donors (Lipinski definition) is 2. The Labute approximate surface area is 167 Å². The van der Waals surface area contributed by atoms with Gasteiger partial charge in [0.15, 0.2) is 5.82 Å². The molecule has 0 aliphatic carbocycles. The summed E-state index contributed by atoms with van der Waals surface area (Å²) in [5.41, 5.74) is 1.88. The normalized spacial score (nSPS) is 16.7. The summed E-state index contributed by atoms with van der Waals surface area (Å²) in [4.78, 5) is 12.7. The monoisotopic (exact) mass is 395 g/mol. The van der Waals surface area contributed by atoms with Gasteiger partial charge in [-0.3, -0.25) is 4.79 Å². The van der Waals surface area contributed by atoms with Crippen LogP contribution in [0.4, 0.5) is 0 Å². The number of carbonyl (C=O) groups is 1. The molecule has 2 unspecified atom stereocenters. The molecule has 0 fully saturated rings. The van der Waals surface area contributed by atoms with Gasteiger partial charge < -0.3 is 15.9 Å². The summed E-state index contributed by atoms with van der Waals surface area (Å²) >= 11 is 1.28. The Morgan fingerprint density at radius 1 is 1.21 bits per heavy atom. The lowest BCUT2D eigenvalue weighted by molar-refractivity contribution is -0.121. The van der Waals surface area contributed by atoms with Crippen LogP contribution in [0.25, 0.3) is 11.4 Å². The summed E-state index contributed by atoms with van der Waals surface area (Å²) in [6, 6.07) is 17.3. The van der Waals surface area contributed by atoms with Gasteiger partial charge in [-0.2, -0.15) is 0 Å².